The number of halogens is 1. The summed E-state index contributed by atoms with van der Waals surface area (Å²) in [6.45, 7) is 1.65. The van der Waals surface area contributed by atoms with Crippen molar-refractivity contribution in [2.45, 2.75) is 6.54 Å². The standard InChI is InChI=1S/C11H12BrNOS/c12-9-1-2-11-10(5-9)8(7-15-11)6-13-3-4-14/h1-2,5,7,13-14H,3-4,6H2. The maximum Gasteiger partial charge on any atom is 0.0556 e. The number of hydrogen-bond donors (Lipinski definition) is 2. The molecule has 2 nitrogen and oxygen atoms in total. The monoisotopic (exact) mass is 285 g/mol. The van der Waals surface area contributed by atoms with Crippen molar-refractivity contribution in [1.29, 1.82) is 0 Å². The van der Waals surface area contributed by atoms with Crippen molar-refractivity contribution >= 4 is 37.4 Å². The van der Waals surface area contributed by atoms with E-state index in [1.54, 1.807) is 11.3 Å². The Kier molecular flexibility index (Phi) is 3.75. The number of thiophene rings is 1. The van der Waals surface area contributed by atoms with E-state index in [2.05, 4.69) is 44.8 Å². The van der Waals surface area contributed by atoms with E-state index in [0.717, 1.165) is 11.0 Å². The number of aliphatic hydroxyl groups is 1. The first-order valence-electron chi connectivity index (χ1n) is 4.78. The van der Waals surface area contributed by atoms with Gasteiger partial charge >= 0.3 is 0 Å². The van der Waals surface area contributed by atoms with Gasteiger partial charge in [0.1, 0.15) is 0 Å². The third kappa shape index (κ3) is 2.58. The first-order valence-corrected chi connectivity index (χ1v) is 6.46. The van der Waals surface area contributed by atoms with Gasteiger partial charge in [-0.15, -0.1) is 11.3 Å². The van der Waals surface area contributed by atoms with E-state index in [0.29, 0.717) is 6.54 Å². The molecule has 0 aliphatic rings. The number of fused-ring (bicyclic) bond motifs is 1. The van der Waals surface area contributed by atoms with Crippen LogP contribution in [0.4, 0.5) is 0 Å². The summed E-state index contributed by atoms with van der Waals surface area (Å²) >= 11 is 5.23. The smallest absolute Gasteiger partial charge is 0.0556 e. The minimum absolute atomic E-state index is 0.186. The molecule has 2 aromatic rings. The highest BCUT2D eigenvalue weighted by molar-refractivity contribution is 9.10. The Morgan fingerprint density at radius 1 is 1.40 bits per heavy atom. The van der Waals surface area contributed by atoms with Crippen LogP contribution in [0.5, 0.6) is 0 Å². The SMILES string of the molecule is OCCNCc1csc2ccc(Br)cc12. The molecule has 0 spiro atoms. The topological polar surface area (TPSA) is 32.3 Å². The van der Waals surface area contributed by atoms with Crippen molar-refractivity contribution < 1.29 is 5.11 Å². The van der Waals surface area contributed by atoms with E-state index in [1.165, 1.54) is 15.6 Å². The number of rotatable bonds is 4. The second kappa shape index (κ2) is 5.07. The van der Waals surface area contributed by atoms with Crippen LogP contribution in [0.15, 0.2) is 28.1 Å². The molecule has 0 saturated carbocycles. The highest BCUT2D eigenvalue weighted by Gasteiger charge is 2.03. The third-order valence-corrected chi connectivity index (χ3v) is 3.73. The highest BCUT2D eigenvalue weighted by Crippen LogP contribution is 2.28. The zero-order valence-electron chi connectivity index (χ0n) is 8.16. The summed E-state index contributed by atoms with van der Waals surface area (Å²) in [5.74, 6) is 0. The van der Waals surface area contributed by atoms with Gasteiger partial charge in [-0.2, -0.15) is 0 Å². The van der Waals surface area contributed by atoms with Gasteiger partial charge in [-0.25, -0.2) is 0 Å². The lowest BCUT2D eigenvalue weighted by Gasteiger charge is -2.01. The summed E-state index contributed by atoms with van der Waals surface area (Å²) in [7, 11) is 0. The van der Waals surface area contributed by atoms with Gasteiger partial charge in [0.15, 0.2) is 0 Å². The van der Waals surface area contributed by atoms with Crippen LogP contribution in [0.2, 0.25) is 0 Å². The number of benzene rings is 1. The molecule has 0 radical (unpaired) electrons. The van der Waals surface area contributed by atoms with Gasteiger partial charge in [0, 0.05) is 22.3 Å². The van der Waals surface area contributed by atoms with Crippen molar-refractivity contribution in [1.82, 2.24) is 5.32 Å². The van der Waals surface area contributed by atoms with Crippen LogP contribution in [0.25, 0.3) is 10.1 Å². The third-order valence-electron chi connectivity index (χ3n) is 2.22. The van der Waals surface area contributed by atoms with Gasteiger partial charge in [0.25, 0.3) is 0 Å². The van der Waals surface area contributed by atoms with E-state index < -0.39 is 0 Å². The molecule has 1 aromatic carbocycles. The fourth-order valence-electron chi connectivity index (χ4n) is 1.49. The Bertz CT molecular complexity index is 455. The lowest BCUT2D eigenvalue weighted by molar-refractivity contribution is 0.292. The van der Waals surface area contributed by atoms with Crippen LogP contribution in [0, 0.1) is 0 Å². The maximum atomic E-state index is 8.68. The Balaban J connectivity index is 2.23. The predicted molar refractivity (Wildman–Crippen MR) is 68.3 cm³/mol. The summed E-state index contributed by atoms with van der Waals surface area (Å²) in [5.41, 5.74) is 1.30. The quantitative estimate of drug-likeness (QED) is 0.847. The summed E-state index contributed by atoms with van der Waals surface area (Å²) in [5, 5.41) is 15.3. The highest BCUT2D eigenvalue weighted by atomic mass is 79.9. The Labute approximate surface area is 101 Å². The molecular formula is C11H12BrNOS. The van der Waals surface area contributed by atoms with Crippen molar-refractivity contribution in [2.75, 3.05) is 13.2 Å². The summed E-state index contributed by atoms with van der Waals surface area (Å²) in [6.07, 6.45) is 0. The van der Waals surface area contributed by atoms with Crippen molar-refractivity contribution in [3.63, 3.8) is 0 Å². The lowest BCUT2D eigenvalue weighted by Crippen LogP contribution is -2.17. The van der Waals surface area contributed by atoms with Gasteiger partial charge in [-0.1, -0.05) is 15.9 Å². The van der Waals surface area contributed by atoms with Crippen molar-refractivity contribution in [2.24, 2.45) is 0 Å². The van der Waals surface area contributed by atoms with Crippen molar-refractivity contribution in [3.8, 4) is 0 Å². The molecule has 15 heavy (non-hydrogen) atoms. The number of nitrogens with one attached hydrogen (secondary N) is 1. The van der Waals surface area contributed by atoms with Crippen LogP contribution in [0.1, 0.15) is 5.56 Å². The predicted octanol–water partition coefficient (Wildman–Crippen LogP) is 2.75. The fourth-order valence-corrected chi connectivity index (χ4v) is 2.80. The zero-order chi connectivity index (χ0) is 10.7. The summed E-state index contributed by atoms with van der Waals surface area (Å²) in [6, 6.07) is 6.32. The zero-order valence-corrected chi connectivity index (χ0v) is 10.6. The Morgan fingerprint density at radius 2 is 2.27 bits per heavy atom. The number of hydrogen-bond acceptors (Lipinski definition) is 3. The van der Waals surface area contributed by atoms with E-state index in [9.17, 15) is 0 Å². The maximum absolute atomic E-state index is 8.68. The molecular weight excluding hydrogens is 274 g/mol. The second-order valence-electron chi connectivity index (χ2n) is 3.30. The average Bonchev–Trinajstić information content (AvgIpc) is 2.62. The molecule has 2 rings (SSSR count). The molecule has 0 fully saturated rings. The Hall–Kier alpha value is -0.420. The van der Waals surface area contributed by atoms with Gasteiger partial charge < -0.3 is 10.4 Å². The summed E-state index contributed by atoms with van der Waals surface area (Å²) < 4.78 is 2.41. The van der Waals surface area contributed by atoms with E-state index in [1.807, 2.05) is 0 Å². The lowest BCUT2D eigenvalue weighted by atomic mass is 10.2. The number of aliphatic hydroxyl groups excluding tert-OH is 1. The molecule has 0 unspecified atom stereocenters. The van der Waals surface area contributed by atoms with Crippen LogP contribution in [0.3, 0.4) is 0 Å². The van der Waals surface area contributed by atoms with Crippen LogP contribution in [-0.4, -0.2) is 18.3 Å². The van der Waals surface area contributed by atoms with E-state index in [4.69, 9.17) is 5.11 Å². The molecule has 0 aliphatic heterocycles. The van der Waals surface area contributed by atoms with Gasteiger partial charge in [0.05, 0.1) is 6.61 Å². The first kappa shape index (κ1) is 11.1. The minimum atomic E-state index is 0.186. The molecule has 0 bridgehead atoms. The second-order valence-corrected chi connectivity index (χ2v) is 5.13. The molecule has 1 aromatic heterocycles. The average molecular weight is 286 g/mol. The van der Waals surface area contributed by atoms with Crippen LogP contribution >= 0.6 is 27.3 Å². The molecule has 1 heterocycles. The molecule has 0 atom stereocenters. The molecule has 80 valence electrons. The van der Waals surface area contributed by atoms with Gasteiger partial charge in [0.2, 0.25) is 0 Å². The molecule has 0 aliphatic carbocycles. The van der Waals surface area contributed by atoms with Crippen molar-refractivity contribution in [3.05, 3.63) is 33.6 Å². The summed E-state index contributed by atoms with van der Waals surface area (Å²) in [4.78, 5) is 0. The molecule has 0 amide bonds. The van der Waals surface area contributed by atoms with E-state index in [-0.39, 0.29) is 6.61 Å². The minimum Gasteiger partial charge on any atom is -0.395 e. The van der Waals surface area contributed by atoms with Crippen LogP contribution < -0.4 is 5.32 Å². The fraction of sp³-hybridized carbons (Fsp3) is 0.273. The van der Waals surface area contributed by atoms with E-state index >= 15 is 0 Å². The first-order chi connectivity index (χ1) is 7.31. The Morgan fingerprint density at radius 3 is 3.07 bits per heavy atom. The van der Waals surface area contributed by atoms with Gasteiger partial charge in [-0.05, 0) is 34.5 Å². The molecule has 2 N–H and O–H groups in total. The molecule has 0 saturated heterocycles. The van der Waals surface area contributed by atoms with Crippen LogP contribution in [-0.2, 0) is 6.54 Å². The normalized spacial score (nSPS) is 11.1. The molecule has 4 heteroatoms. The van der Waals surface area contributed by atoms with Gasteiger partial charge in [-0.3, -0.25) is 0 Å². The largest absolute Gasteiger partial charge is 0.395 e.